The van der Waals surface area contributed by atoms with Gasteiger partial charge >= 0.3 is 0 Å². The van der Waals surface area contributed by atoms with Gasteiger partial charge in [-0.2, -0.15) is 0 Å². The van der Waals surface area contributed by atoms with Crippen molar-refractivity contribution in [3.63, 3.8) is 0 Å². The van der Waals surface area contributed by atoms with E-state index in [4.69, 9.17) is 0 Å². The average molecular weight is 354 g/mol. The molecule has 2 aliphatic heterocycles. The number of nitrogens with zero attached hydrogens (tertiary/aromatic N) is 1. The summed E-state index contributed by atoms with van der Waals surface area (Å²) in [7, 11) is 0. The van der Waals surface area contributed by atoms with Gasteiger partial charge in [0.25, 0.3) is 0 Å². The molecular weight excluding hydrogens is 326 g/mol. The third kappa shape index (κ3) is 3.33. The molecule has 2 bridgehead atoms. The average Bonchev–Trinajstić information content (AvgIpc) is 2.76. The van der Waals surface area contributed by atoms with E-state index in [0.717, 1.165) is 18.5 Å². The van der Waals surface area contributed by atoms with Crippen LogP contribution in [-0.2, 0) is 6.54 Å². The molecule has 3 aromatic carbocycles. The van der Waals surface area contributed by atoms with Gasteiger partial charge in [0, 0.05) is 18.6 Å². The number of piperidine rings is 2. The normalized spacial score (nSPS) is 24.8. The molecule has 0 aromatic heterocycles. The molecule has 0 N–H and O–H groups in total. The maximum atomic E-state index is 2.80. The summed E-state index contributed by atoms with van der Waals surface area (Å²) in [6.07, 6.45) is 5.52. The number of hydrogen-bond acceptors (Lipinski definition) is 1. The van der Waals surface area contributed by atoms with Crippen LogP contribution in [0.3, 0.4) is 0 Å². The zero-order valence-corrected chi connectivity index (χ0v) is 15.8. The summed E-state index contributed by atoms with van der Waals surface area (Å²) < 4.78 is 0. The van der Waals surface area contributed by atoms with Crippen molar-refractivity contribution in [2.24, 2.45) is 5.92 Å². The van der Waals surface area contributed by atoms with Crippen LogP contribution in [0.2, 0.25) is 0 Å². The molecule has 1 unspecified atom stereocenters. The molecule has 1 saturated carbocycles. The van der Waals surface area contributed by atoms with E-state index in [1.54, 1.807) is 0 Å². The maximum absolute atomic E-state index is 2.80. The number of fused-ring (bicyclic) bond motifs is 3. The summed E-state index contributed by atoms with van der Waals surface area (Å²) in [4.78, 5) is 2.80. The minimum atomic E-state index is 0.572. The van der Waals surface area contributed by atoms with Crippen LogP contribution in [-0.4, -0.2) is 10.9 Å². The van der Waals surface area contributed by atoms with Crippen LogP contribution < -0.4 is 0 Å². The van der Waals surface area contributed by atoms with Crippen molar-refractivity contribution in [3.05, 3.63) is 96.1 Å². The van der Waals surface area contributed by atoms with Gasteiger partial charge in [0.15, 0.2) is 0 Å². The first kappa shape index (κ1) is 16.8. The fourth-order valence-corrected chi connectivity index (χ4v) is 5.24. The molecule has 1 heteroatoms. The Balaban J connectivity index is 1.44. The molecule has 1 aliphatic carbocycles. The van der Waals surface area contributed by atoms with Crippen molar-refractivity contribution in [3.8, 4) is 11.1 Å². The number of rotatable bonds is 4. The number of hydrogen-bond donors (Lipinski definition) is 0. The Labute approximate surface area is 162 Å². The van der Waals surface area contributed by atoms with Gasteiger partial charge in [0.2, 0.25) is 0 Å². The first-order chi connectivity index (χ1) is 13.4. The lowest BCUT2D eigenvalue weighted by molar-refractivity contribution is -0.0203. The first-order valence-electron chi connectivity index (χ1n) is 10.3. The maximum Gasteiger partial charge on any atom is 0.0382 e. The van der Waals surface area contributed by atoms with Gasteiger partial charge in [-0.05, 0) is 53.9 Å². The summed E-state index contributed by atoms with van der Waals surface area (Å²) in [5.74, 6) is 0.807. The van der Waals surface area contributed by atoms with Crippen LogP contribution in [0.15, 0.2) is 84.9 Å². The van der Waals surface area contributed by atoms with Crippen LogP contribution in [0.4, 0.5) is 0 Å². The van der Waals surface area contributed by atoms with Crippen molar-refractivity contribution in [1.29, 1.82) is 0 Å². The topological polar surface area (TPSA) is 3.24 Å². The van der Waals surface area contributed by atoms with E-state index >= 15 is 0 Å². The summed E-state index contributed by atoms with van der Waals surface area (Å²) in [5, 5.41) is 0. The van der Waals surface area contributed by atoms with Crippen LogP contribution in [0.5, 0.6) is 0 Å². The van der Waals surface area contributed by atoms with Crippen LogP contribution in [0, 0.1) is 5.92 Å². The lowest BCUT2D eigenvalue weighted by atomic mass is 9.72. The molecule has 1 nitrogen and oxygen atoms in total. The molecule has 1 atom stereocenters. The Kier molecular flexibility index (Phi) is 4.55. The highest BCUT2D eigenvalue weighted by atomic mass is 15.2. The monoisotopic (exact) mass is 353 g/mol. The molecule has 0 spiro atoms. The molecule has 6 rings (SSSR count). The van der Waals surface area contributed by atoms with Gasteiger partial charge in [0.05, 0.1) is 0 Å². The Morgan fingerprint density at radius 1 is 0.630 bits per heavy atom. The Hall–Kier alpha value is -2.38. The van der Waals surface area contributed by atoms with E-state index in [0.29, 0.717) is 6.04 Å². The van der Waals surface area contributed by atoms with E-state index < -0.39 is 0 Å². The van der Waals surface area contributed by atoms with Gasteiger partial charge in [-0.3, -0.25) is 4.90 Å². The third-order valence-corrected chi connectivity index (χ3v) is 6.58. The van der Waals surface area contributed by atoms with Gasteiger partial charge in [-0.15, -0.1) is 0 Å². The van der Waals surface area contributed by atoms with Crippen molar-refractivity contribution in [2.75, 3.05) is 0 Å². The van der Waals surface area contributed by atoms with Crippen LogP contribution >= 0.6 is 0 Å². The van der Waals surface area contributed by atoms with Crippen molar-refractivity contribution >= 4 is 0 Å². The lowest BCUT2D eigenvalue weighted by Crippen LogP contribution is -2.49. The van der Waals surface area contributed by atoms with Crippen molar-refractivity contribution < 1.29 is 0 Å². The van der Waals surface area contributed by atoms with Crippen molar-refractivity contribution in [1.82, 2.24) is 4.90 Å². The van der Waals surface area contributed by atoms with E-state index in [9.17, 15) is 0 Å². The molecule has 3 fully saturated rings. The van der Waals surface area contributed by atoms with Gasteiger partial charge in [-0.25, -0.2) is 0 Å². The van der Waals surface area contributed by atoms with Gasteiger partial charge < -0.3 is 0 Å². The Morgan fingerprint density at radius 3 is 1.89 bits per heavy atom. The Bertz CT molecular complexity index is 861. The van der Waals surface area contributed by atoms with Gasteiger partial charge in [0.1, 0.15) is 0 Å². The molecule has 0 radical (unpaired) electrons. The van der Waals surface area contributed by atoms with E-state index in [1.807, 2.05) is 0 Å². The molecule has 136 valence electrons. The predicted molar refractivity (Wildman–Crippen MR) is 112 cm³/mol. The van der Waals surface area contributed by atoms with Crippen molar-refractivity contribution in [2.45, 2.75) is 44.3 Å². The van der Waals surface area contributed by atoms with Crippen LogP contribution in [0.25, 0.3) is 11.1 Å². The SMILES string of the molecule is c1ccc(CN2C3CCC(CC3)C2c2ccc(-c3ccccc3)cc2)cc1. The molecule has 0 amide bonds. The molecule has 3 aromatic rings. The van der Waals surface area contributed by atoms with E-state index in [-0.39, 0.29) is 0 Å². The standard InChI is InChI=1S/C26H27N/c1-3-7-20(8-4-1)19-27-25-17-15-24(16-18-25)26(27)23-13-11-22(12-14-23)21-9-5-2-6-10-21/h1-14,24-26H,15-19H2. The summed E-state index contributed by atoms with van der Waals surface area (Å²) >= 11 is 0. The van der Waals surface area contributed by atoms with Crippen LogP contribution in [0.1, 0.15) is 42.9 Å². The second-order valence-corrected chi connectivity index (χ2v) is 8.16. The highest BCUT2D eigenvalue weighted by Crippen LogP contribution is 2.48. The molecule has 27 heavy (non-hydrogen) atoms. The first-order valence-corrected chi connectivity index (χ1v) is 10.3. The molecule has 3 aliphatic rings. The smallest absolute Gasteiger partial charge is 0.0382 e. The van der Waals surface area contributed by atoms with Gasteiger partial charge in [-0.1, -0.05) is 84.9 Å². The molecule has 2 heterocycles. The zero-order chi connectivity index (χ0) is 18.1. The second kappa shape index (κ2) is 7.32. The molecule has 2 saturated heterocycles. The fourth-order valence-electron chi connectivity index (χ4n) is 5.24. The quantitative estimate of drug-likeness (QED) is 0.519. The molecular formula is C26H27N. The lowest BCUT2D eigenvalue weighted by Gasteiger charge is -2.52. The van der Waals surface area contributed by atoms with E-state index in [1.165, 1.54) is 47.9 Å². The highest BCUT2D eigenvalue weighted by Gasteiger charge is 2.42. The zero-order valence-electron chi connectivity index (χ0n) is 15.8. The Morgan fingerprint density at radius 2 is 1.22 bits per heavy atom. The predicted octanol–water partition coefficient (Wildman–Crippen LogP) is 6.47. The summed E-state index contributed by atoms with van der Waals surface area (Å²) in [6.45, 7) is 1.08. The highest BCUT2D eigenvalue weighted by molar-refractivity contribution is 5.63. The summed E-state index contributed by atoms with van der Waals surface area (Å²) in [5.41, 5.74) is 5.56. The minimum Gasteiger partial charge on any atom is -0.289 e. The second-order valence-electron chi connectivity index (χ2n) is 8.16. The summed E-state index contributed by atoms with van der Waals surface area (Å²) in [6, 6.07) is 32.4. The fraction of sp³-hybridized carbons (Fsp3) is 0.308. The minimum absolute atomic E-state index is 0.572. The number of benzene rings is 3. The van der Waals surface area contributed by atoms with E-state index in [2.05, 4.69) is 89.8 Å². The third-order valence-electron chi connectivity index (χ3n) is 6.58. The largest absolute Gasteiger partial charge is 0.289 e.